The fourth-order valence-electron chi connectivity index (χ4n) is 4.34. The Kier molecular flexibility index (Phi) is 5.98. The van der Waals surface area contributed by atoms with Crippen LogP contribution in [-0.4, -0.2) is 60.0 Å². The normalized spacial score (nSPS) is 28.9. The Hall–Kier alpha value is -1.30. The van der Waals surface area contributed by atoms with Crippen LogP contribution in [0.2, 0.25) is 0 Å². The Morgan fingerprint density at radius 3 is 2.17 bits per heavy atom. The largest absolute Gasteiger partial charge is 0.339 e. The molecule has 24 heavy (non-hydrogen) atoms. The molecule has 0 unspecified atom stereocenters. The summed E-state index contributed by atoms with van der Waals surface area (Å²) in [5, 5.41) is 3.16. The maximum atomic E-state index is 12.4. The van der Waals surface area contributed by atoms with Gasteiger partial charge in [0.25, 0.3) is 0 Å². The number of hydrogen-bond acceptors (Lipinski definition) is 3. The maximum Gasteiger partial charge on any atom is 0.317 e. The lowest BCUT2D eigenvalue weighted by atomic mass is 9.96. The fraction of sp³-hybridized carbons (Fsp3) is 0.889. The van der Waals surface area contributed by atoms with Gasteiger partial charge in [-0.25, -0.2) is 4.79 Å². The van der Waals surface area contributed by atoms with Gasteiger partial charge in [0.05, 0.1) is 0 Å². The second kappa shape index (κ2) is 8.19. The molecule has 1 saturated heterocycles. The number of nitrogens with zero attached hydrogens (tertiary/aromatic N) is 2. The molecule has 1 aliphatic heterocycles. The van der Waals surface area contributed by atoms with Crippen LogP contribution in [-0.2, 0) is 4.79 Å². The number of rotatable bonds is 3. The Morgan fingerprint density at radius 2 is 1.54 bits per heavy atom. The smallest absolute Gasteiger partial charge is 0.317 e. The zero-order chi connectivity index (χ0) is 16.9. The van der Waals surface area contributed by atoms with Crippen molar-refractivity contribution in [2.45, 2.75) is 69.9 Å². The van der Waals surface area contributed by atoms with E-state index in [1.165, 1.54) is 19.3 Å². The predicted molar refractivity (Wildman–Crippen MR) is 93.5 cm³/mol. The van der Waals surface area contributed by atoms with Gasteiger partial charge in [-0.15, -0.1) is 0 Å². The summed E-state index contributed by atoms with van der Waals surface area (Å²) in [7, 11) is 0. The molecule has 1 heterocycles. The van der Waals surface area contributed by atoms with Crippen LogP contribution in [0.1, 0.15) is 57.8 Å². The minimum Gasteiger partial charge on any atom is -0.339 e. The molecule has 3 amide bonds. The molecule has 0 aromatic carbocycles. The number of nitrogens with one attached hydrogen (secondary N) is 1. The van der Waals surface area contributed by atoms with Crippen molar-refractivity contribution in [3.8, 4) is 0 Å². The molecule has 3 fully saturated rings. The third-order valence-electron chi connectivity index (χ3n) is 6.01. The number of piperazine rings is 1. The summed E-state index contributed by atoms with van der Waals surface area (Å²) in [5.74, 6) is 0.565. The molecule has 0 radical (unpaired) electrons. The third kappa shape index (κ3) is 4.41. The van der Waals surface area contributed by atoms with Crippen molar-refractivity contribution in [3.05, 3.63) is 0 Å². The van der Waals surface area contributed by atoms with Gasteiger partial charge in [-0.05, 0) is 31.6 Å². The van der Waals surface area contributed by atoms with Crippen LogP contribution in [0.4, 0.5) is 4.79 Å². The Bertz CT molecular complexity index is 442. The van der Waals surface area contributed by atoms with Gasteiger partial charge in [0, 0.05) is 44.7 Å². The van der Waals surface area contributed by atoms with E-state index in [1.807, 2.05) is 9.80 Å². The lowest BCUT2D eigenvalue weighted by molar-refractivity contribution is -0.133. The van der Waals surface area contributed by atoms with Crippen LogP contribution in [0.5, 0.6) is 0 Å². The van der Waals surface area contributed by atoms with Crippen molar-refractivity contribution in [1.29, 1.82) is 0 Å². The van der Waals surface area contributed by atoms with Gasteiger partial charge < -0.3 is 20.9 Å². The molecule has 0 aromatic heterocycles. The first kappa shape index (κ1) is 17.5. The Balaban J connectivity index is 1.40. The molecular weight excluding hydrogens is 304 g/mol. The number of carbonyl (C=O) groups is 2. The fourth-order valence-corrected chi connectivity index (χ4v) is 4.34. The molecule has 0 bridgehead atoms. The molecule has 2 saturated carbocycles. The van der Waals surface area contributed by atoms with E-state index >= 15 is 0 Å². The zero-order valence-corrected chi connectivity index (χ0v) is 14.7. The first-order valence-electron chi connectivity index (χ1n) is 9.72. The second-order valence-corrected chi connectivity index (χ2v) is 7.71. The van der Waals surface area contributed by atoms with Crippen molar-refractivity contribution in [3.63, 3.8) is 0 Å². The molecule has 136 valence electrons. The van der Waals surface area contributed by atoms with Crippen LogP contribution in [0, 0.1) is 5.92 Å². The van der Waals surface area contributed by atoms with Gasteiger partial charge in [-0.2, -0.15) is 0 Å². The molecular formula is C18H32N4O2. The minimum atomic E-state index is 0.0480. The number of urea groups is 1. The second-order valence-electron chi connectivity index (χ2n) is 7.71. The van der Waals surface area contributed by atoms with Crippen molar-refractivity contribution in [2.24, 2.45) is 11.7 Å². The van der Waals surface area contributed by atoms with E-state index in [-0.39, 0.29) is 18.0 Å². The van der Waals surface area contributed by atoms with Crippen molar-refractivity contribution in [1.82, 2.24) is 15.1 Å². The molecule has 0 spiro atoms. The van der Waals surface area contributed by atoms with E-state index in [0.29, 0.717) is 44.6 Å². The van der Waals surface area contributed by atoms with E-state index < -0.39 is 0 Å². The monoisotopic (exact) mass is 336 g/mol. The summed E-state index contributed by atoms with van der Waals surface area (Å²) in [4.78, 5) is 28.6. The van der Waals surface area contributed by atoms with Crippen molar-refractivity contribution < 1.29 is 9.59 Å². The van der Waals surface area contributed by atoms with Crippen LogP contribution >= 0.6 is 0 Å². The van der Waals surface area contributed by atoms with Gasteiger partial charge in [-0.3, -0.25) is 4.79 Å². The standard InChI is InChI=1S/C18H32N4O2/c19-16-8-4-5-14(16)13-17(23)21-9-11-22(12-10-21)18(24)20-15-6-2-1-3-7-15/h14-16H,1-13,19H2,(H,20,24)/t14-,16+/m0/s1. The minimum absolute atomic E-state index is 0.0480. The number of amides is 3. The summed E-state index contributed by atoms with van der Waals surface area (Å²) in [6, 6.07) is 0.582. The summed E-state index contributed by atoms with van der Waals surface area (Å²) >= 11 is 0. The Labute approximate surface area is 145 Å². The average Bonchev–Trinajstić information content (AvgIpc) is 3.00. The first-order chi connectivity index (χ1) is 11.6. The molecule has 6 nitrogen and oxygen atoms in total. The predicted octanol–water partition coefficient (Wildman–Crippen LogP) is 1.69. The maximum absolute atomic E-state index is 12.4. The zero-order valence-electron chi connectivity index (χ0n) is 14.7. The molecule has 6 heteroatoms. The molecule has 2 atom stereocenters. The van der Waals surface area contributed by atoms with Crippen molar-refractivity contribution in [2.75, 3.05) is 26.2 Å². The lowest BCUT2D eigenvalue weighted by Crippen LogP contribution is -2.55. The SMILES string of the molecule is N[C@@H]1CCC[C@H]1CC(=O)N1CCN(C(=O)NC2CCCCC2)CC1. The summed E-state index contributed by atoms with van der Waals surface area (Å²) in [6.07, 6.45) is 9.79. The van der Waals surface area contributed by atoms with E-state index in [4.69, 9.17) is 5.73 Å². The van der Waals surface area contributed by atoms with Gasteiger partial charge in [-0.1, -0.05) is 25.7 Å². The van der Waals surface area contributed by atoms with Gasteiger partial charge in [0.15, 0.2) is 0 Å². The number of hydrogen-bond donors (Lipinski definition) is 2. The molecule has 2 aliphatic carbocycles. The summed E-state index contributed by atoms with van der Waals surface area (Å²) in [5.41, 5.74) is 6.08. The first-order valence-corrected chi connectivity index (χ1v) is 9.72. The Morgan fingerprint density at radius 1 is 0.875 bits per heavy atom. The molecule has 3 aliphatic rings. The van der Waals surface area contributed by atoms with E-state index in [9.17, 15) is 9.59 Å². The van der Waals surface area contributed by atoms with Crippen LogP contribution in [0.15, 0.2) is 0 Å². The highest BCUT2D eigenvalue weighted by Crippen LogP contribution is 2.27. The van der Waals surface area contributed by atoms with E-state index in [0.717, 1.165) is 32.1 Å². The number of nitrogens with two attached hydrogens (primary N) is 1. The molecule has 3 N–H and O–H groups in total. The topological polar surface area (TPSA) is 78.7 Å². The quantitative estimate of drug-likeness (QED) is 0.823. The lowest BCUT2D eigenvalue weighted by Gasteiger charge is -2.36. The van der Waals surface area contributed by atoms with Gasteiger partial charge in [0.1, 0.15) is 0 Å². The highest BCUT2D eigenvalue weighted by molar-refractivity contribution is 5.78. The van der Waals surface area contributed by atoms with Crippen molar-refractivity contribution >= 4 is 11.9 Å². The number of carbonyl (C=O) groups excluding carboxylic acids is 2. The van der Waals surface area contributed by atoms with E-state index in [1.54, 1.807) is 0 Å². The van der Waals surface area contributed by atoms with Crippen LogP contribution in [0.3, 0.4) is 0 Å². The van der Waals surface area contributed by atoms with Crippen LogP contribution in [0.25, 0.3) is 0 Å². The van der Waals surface area contributed by atoms with Gasteiger partial charge in [0.2, 0.25) is 5.91 Å². The van der Waals surface area contributed by atoms with E-state index in [2.05, 4.69) is 5.32 Å². The molecule has 0 aromatic rings. The average molecular weight is 336 g/mol. The van der Waals surface area contributed by atoms with Crippen LogP contribution < -0.4 is 11.1 Å². The third-order valence-corrected chi connectivity index (χ3v) is 6.01. The highest BCUT2D eigenvalue weighted by atomic mass is 16.2. The highest BCUT2D eigenvalue weighted by Gasteiger charge is 2.30. The summed E-state index contributed by atoms with van der Waals surface area (Å²) in [6.45, 7) is 2.58. The molecule has 3 rings (SSSR count). The summed E-state index contributed by atoms with van der Waals surface area (Å²) < 4.78 is 0. The van der Waals surface area contributed by atoms with Gasteiger partial charge >= 0.3 is 6.03 Å².